The van der Waals surface area contributed by atoms with Gasteiger partial charge in [0.2, 0.25) is 0 Å². The summed E-state index contributed by atoms with van der Waals surface area (Å²) in [6.07, 6.45) is 15.0. The Morgan fingerprint density at radius 2 is 0.885 bits per heavy atom. The van der Waals surface area contributed by atoms with Crippen LogP contribution in [0.15, 0.2) is 48.6 Å². The Bertz CT molecular complexity index is 2430. The largest absolute Gasteiger partial charge is 0.493 e. The molecule has 4 fully saturated rings. The second-order valence-electron chi connectivity index (χ2n) is 26.8. The number of alkyl halides is 9. The number of benzene rings is 2. The Morgan fingerprint density at radius 1 is 0.460 bits per heavy atom. The standard InChI is InChI=1S/C68H99F9O6S4/c1-62(2,66(69,70)71)82-38-18-36-80-60-30-28-58-56-24-20-48-46-50(22-26-52(48)54(56)32-34-63(58,60)3)78-40-44-86-84-42-16-14-12-10-8-6-7-9-11-13-15-17-43-85-87-45-41-79-51-23-27-53-49(47-51)21-25-57-55(53)33-35-64(4)59(57)29-31-61(64)81-37-19-39-83-65(5,67(72,73)74)68(75,76)77/h6-7,22-23,26-27,46-47,54-61H,8-21,24-25,28-45H2,1-5H3/b7-6-. The lowest BCUT2D eigenvalue weighted by Gasteiger charge is -2.50. The fourth-order valence-electron chi connectivity index (χ4n) is 15.7. The second kappa shape index (κ2) is 32.5. The number of aryl methyl sites for hydroxylation is 2. The predicted octanol–water partition coefficient (Wildman–Crippen LogP) is 20.9. The molecule has 2 aromatic rings. The summed E-state index contributed by atoms with van der Waals surface area (Å²) in [6, 6.07) is 13.4. The van der Waals surface area contributed by atoms with Crippen LogP contribution in [0.3, 0.4) is 0 Å². The van der Waals surface area contributed by atoms with E-state index in [1.165, 1.54) is 98.6 Å². The monoisotopic (exact) mass is 1310 g/mol. The van der Waals surface area contributed by atoms with Gasteiger partial charge in [-0.1, -0.05) is 107 Å². The maximum atomic E-state index is 13.2. The first-order valence-electron chi connectivity index (χ1n) is 32.8. The van der Waals surface area contributed by atoms with E-state index in [1.807, 2.05) is 43.2 Å². The zero-order chi connectivity index (χ0) is 62.4. The van der Waals surface area contributed by atoms with Gasteiger partial charge in [0.25, 0.3) is 5.60 Å². The highest BCUT2D eigenvalue weighted by Gasteiger charge is 2.69. The Labute approximate surface area is 530 Å². The van der Waals surface area contributed by atoms with Gasteiger partial charge in [-0.15, -0.1) is 0 Å². The van der Waals surface area contributed by atoms with Crippen LogP contribution in [-0.4, -0.2) is 105 Å². The van der Waals surface area contributed by atoms with Crippen LogP contribution in [-0.2, 0) is 31.8 Å². The molecule has 8 rings (SSSR count). The van der Waals surface area contributed by atoms with Crippen LogP contribution in [0.4, 0.5) is 39.5 Å². The van der Waals surface area contributed by atoms with E-state index < -0.39 is 36.3 Å². The van der Waals surface area contributed by atoms with Crippen molar-refractivity contribution in [3.8, 4) is 11.5 Å². The lowest BCUT2D eigenvalue weighted by molar-refractivity contribution is -0.374. The zero-order valence-corrected chi connectivity index (χ0v) is 55.5. The Kier molecular flexibility index (Phi) is 26.6. The first-order valence-corrected chi connectivity index (χ1v) is 37.8. The molecule has 0 aliphatic heterocycles. The number of hydrogen-bond acceptors (Lipinski definition) is 10. The first-order chi connectivity index (χ1) is 41.5. The van der Waals surface area contributed by atoms with Gasteiger partial charge in [-0.05, 0) is 242 Å². The Hall–Kier alpha value is -1.61. The predicted molar refractivity (Wildman–Crippen MR) is 340 cm³/mol. The topological polar surface area (TPSA) is 55.4 Å². The summed E-state index contributed by atoms with van der Waals surface area (Å²) in [4.78, 5) is 0. The van der Waals surface area contributed by atoms with Gasteiger partial charge in [0, 0.05) is 42.8 Å². The number of halogens is 9. The molecule has 0 aromatic heterocycles. The molecule has 2 aromatic carbocycles. The molecular weight excluding hydrogens is 1210 g/mol. The molecule has 494 valence electrons. The molecule has 6 nitrogen and oxygen atoms in total. The van der Waals surface area contributed by atoms with E-state index in [4.69, 9.17) is 23.7 Å². The van der Waals surface area contributed by atoms with Crippen LogP contribution in [0, 0.1) is 34.5 Å². The summed E-state index contributed by atoms with van der Waals surface area (Å²) >= 11 is 0. The summed E-state index contributed by atoms with van der Waals surface area (Å²) in [7, 11) is 7.72. The number of unbranched alkanes of at least 4 members (excludes halogenated alkanes) is 8. The van der Waals surface area contributed by atoms with Crippen LogP contribution in [0.2, 0.25) is 0 Å². The van der Waals surface area contributed by atoms with Crippen LogP contribution in [0.5, 0.6) is 11.5 Å². The molecule has 6 aliphatic carbocycles. The molecule has 10 unspecified atom stereocenters. The molecule has 10 atom stereocenters. The van der Waals surface area contributed by atoms with Gasteiger partial charge in [-0.2, -0.15) is 39.5 Å². The van der Waals surface area contributed by atoms with Crippen molar-refractivity contribution < 1.29 is 67.9 Å². The number of ether oxygens (including phenoxy) is 6. The molecule has 0 radical (unpaired) electrons. The summed E-state index contributed by atoms with van der Waals surface area (Å²) in [5.74, 6) is 9.49. The maximum absolute atomic E-state index is 13.2. The average Bonchev–Trinajstić information content (AvgIpc) is 1.74. The van der Waals surface area contributed by atoms with E-state index in [0.29, 0.717) is 55.1 Å². The van der Waals surface area contributed by atoms with Gasteiger partial charge in [0.15, 0.2) is 5.60 Å². The molecule has 87 heavy (non-hydrogen) atoms. The fourth-order valence-corrected chi connectivity index (χ4v) is 19.7. The fraction of sp³-hybridized carbons (Fsp3) is 0.794. The normalized spacial score (nSPS) is 27.4. The molecule has 0 spiro atoms. The van der Waals surface area contributed by atoms with Crippen LogP contribution in [0.25, 0.3) is 0 Å². The molecule has 0 saturated heterocycles. The van der Waals surface area contributed by atoms with Crippen molar-refractivity contribution in [2.24, 2.45) is 34.5 Å². The zero-order valence-electron chi connectivity index (χ0n) is 52.3. The molecule has 4 saturated carbocycles. The van der Waals surface area contributed by atoms with Gasteiger partial charge in [-0.25, -0.2) is 0 Å². The highest BCUT2D eigenvalue weighted by Crippen LogP contribution is 2.63. The molecule has 0 bridgehead atoms. The van der Waals surface area contributed by atoms with Gasteiger partial charge >= 0.3 is 18.5 Å². The molecule has 0 heterocycles. The number of fused-ring (bicyclic) bond motifs is 10. The number of rotatable bonds is 36. The van der Waals surface area contributed by atoms with Crippen LogP contribution >= 0.6 is 43.2 Å². The van der Waals surface area contributed by atoms with Crippen LogP contribution in [0.1, 0.15) is 210 Å². The summed E-state index contributed by atoms with van der Waals surface area (Å²) in [5.41, 5.74) is -0.527. The molecule has 0 N–H and O–H groups in total. The number of allylic oxidation sites excluding steroid dienone is 2. The quantitative estimate of drug-likeness (QED) is 0.0285. The molecule has 6 aliphatic rings. The van der Waals surface area contributed by atoms with Gasteiger partial charge in [0.05, 0.1) is 32.0 Å². The van der Waals surface area contributed by atoms with E-state index in [9.17, 15) is 39.5 Å². The van der Waals surface area contributed by atoms with Gasteiger partial charge in [0.1, 0.15) is 11.5 Å². The van der Waals surface area contributed by atoms with Crippen molar-refractivity contribution in [3.63, 3.8) is 0 Å². The average molecular weight is 1310 g/mol. The minimum absolute atomic E-state index is 0.0403. The van der Waals surface area contributed by atoms with Crippen molar-refractivity contribution in [2.75, 3.05) is 62.7 Å². The van der Waals surface area contributed by atoms with E-state index in [-0.39, 0.29) is 49.6 Å². The van der Waals surface area contributed by atoms with E-state index in [1.54, 1.807) is 0 Å². The van der Waals surface area contributed by atoms with E-state index in [0.717, 1.165) is 120 Å². The van der Waals surface area contributed by atoms with E-state index >= 15 is 0 Å². The third-order valence-corrected chi connectivity index (χ3v) is 25.9. The van der Waals surface area contributed by atoms with Crippen LogP contribution < -0.4 is 9.47 Å². The maximum Gasteiger partial charge on any atom is 0.426 e. The van der Waals surface area contributed by atoms with Gasteiger partial charge in [-0.3, -0.25) is 0 Å². The lowest BCUT2D eigenvalue weighted by atomic mass is 9.55. The molecular formula is C68H99F9O6S4. The second-order valence-corrected chi connectivity index (χ2v) is 32.2. The highest BCUT2D eigenvalue weighted by molar-refractivity contribution is 8.77. The highest BCUT2D eigenvalue weighted by atomic mass is 33.1. The number of hydrogen-bond donors (Lipinski definition) is 0. The molecule has 19 heteroatoms. The Morgan fingerprint density at radius 3 is 1.32 bits per heavy atom. The van der Waals surface area contributed by atoms with Crippen molar-refractivity contribution in [1.29, 1.82) is 0 Å². The summed E-state index contributed by atoms with van der Waals surface area (Å²) in [6.45, 7) is 8.12. The lowest BCUT2D eigenvalue weighted by Crippen LogP contribution is -2.56. The minimum atomic E-state index is -5.56. The summed E-state index contributed by atoms with van der Waals surface area (Å²) < 4.78 is 154. The first kappa shape index (κ1) is 71.2. The van der Waals surface area contributed by atoms with Crippen molar-refractivity contribution in [1.82, 2.24) is 0 Å². The smallest absolute Gasteiger partial charge is 0.426 e. The van der Waals surface area contributed by atoms with Crippen molar-refractivity contribution >= 4 is 43.2 Å². The minimum Gasteiger partial charge on any atom is -0.493 e. The Balaban J connectivity index is 0.574. The molecule has 0 amide bonds. The van der Waals surface area contributed by atoms with Crippen molar-refractivity contribution in [3.05, 3.63) is 70.8 Å². The third-order valence-electron chi connectivity index (χ3n) is 21.0. The van der Waals surface area contributed by atoms with E-state index in [2.05, 4.69) is 67.1 Å². The third kappa shape index (κ3) is 18.4. The SMILES string of the molecule is CC12CCC3c4ccc(OCCSSCCCCCC/C=C\CCCCCCSSCCOc5ccc6c(c5)CCC5C6CCC6(C)C(OCCCOC(C)(C(F)(F)F)C(F)(F)F)CCC56)cc4CCC3C1CCC2OCCCOC(C)(C)C(F)(F)F. The van der Waals surface area contributed by atoms with Crippen molar-refractivity contribution in [2.45, 2.75) is 242 Å². The summed E-state index contributed by atoms with van der Waals surface area (Å²) in [5, 5.41) is 0. The van der Waals surface area contributed by atoms with Gasteiger partial charge < -0.3 is 28.4 Å².